The highest BCUT2D eigenvalue weighted by Gasteiger charge is 2.45. The quantitative estimate of drug-likeness (QED) is 0.740. The molecule has 2 aromatic heterocycles. The number of hydrogen-bond donors (Lipinski definition) is 2. The van der Waals surface area contributed by atoms with Crippen LogP contribution in [0.15, 0.2) is 33.8 Å². The largest absolute Gasteiger partial charge is 0.384 e. The standard InChI is InChI=1S/C20H25N5O4S/c21-19-10-16(6-7-22-19)30(27,28)25-14-2-1-3-15(25)9-13(8-14)23-20(26)17-11-18(29-24-17)12-4-5-12/h6-7,10-15H,1-5,8-9H2,(H2,21,22)(H,23,26)/t14-,15-/m1/s1. The average Bonchev–Trinajstić information content (AvgIpc) is 3.43. The van der Waals surface area contributed by atoms with E-state index in [2.05, 4.69) is 15.5 Å². The van der Waals surface area contributed by atoms with E-state index >= 15 is 0 Å². The van der Waals surface area contributed by atoms with E-state index in [1.807, 2.05) is 0 Å². The molecule has 1 saturated carbocycles. The van der Waals surface area contributed by atoms with E-state index in [4.69, 9.17) is 10.3 Å². The van der Waals surface area contributed by atoms with Crippen molar-refractivity contribution in [3.8, 4) is 0 Å². The molecule has 4 heterocycles. The number of amides is 1. The zero-order chi connectivity index (χ0) is 20.9. The summed E-state index contributed by atoms with van der Waals surface area (Å²) in [6.07, 6.45) is 7.26. The van der Waals surface area contributed by atoms with E-state index in [9.17, 15) is 13.2 Å². The van der Waals surface area contributed by atoms with Crippen molar-refractivity contribution in [1.82, 2.24) is 19.8 Å². The maximum atomic E-state index is 13.3. The van der Waals surface area contributed by atoms with E-state index in [1.54, 1.807) is 10.4 Å². The van der Waals surface area contributed by atoms with Crippen LogP contribution in [0.25, 0.3) is 0 Å². The summed E-state index contributed by atoms with van der Waals surface area (Å²) in [5.74, 6) is 1.09. The molecule has 30 heavy (non-hydrogen) atoms. The van der Waals surface area contributed by atoms with E-state index in [0.29, 0.717) is 24.5 Å². The first-order valence-corrected chi connectivity index (χ1v) is 11.9. The number of carbonyl (C=O) groups excluding carboxylic acids is 1. The molecule has 0 unspecified atom stereocenters. The van der Waals surface area contributed by atoms with Crippen LogP contribution in [-0.4, -0.2) is 46.9 Å². The van der Waals surface area contributed by atoms with E-state index in [1.165, 1.54) is 18.3 Å². The number of nitrogens with two attached hydrogens (primary N) is 1. The minimum Gasteiger partial charge on any atom is -0.384 e. The average molecular weight is 432 g/mol. The number of piperidine rings is 2. The second-order valence-electron chi connectivity index (χ2n) is 8.52. The maximum absolute atomic E-state index is 13.3. The summed E-state index contributed by atoms with van der Waals surface area (Å²) < 4.78 is 33.5. The molecule has 0 aromatic carbocycles. The lowest BCUT2D eigenvalue weighted by Gasteiger charge is -2.47. The highest BCUT2D eigenvalue weighted by molar-refractivity contribution is 7.89. The fraction of sp³-hybridized carbons (Fsp3) is 0.550. The van der Waals surface area contributed by atoms with Gasteiger partial charge in [-0.2, -0.15) is 4.31 Å². The predicted molar refractivity (Wildman–Crippen MR) is 108 cm³/mol. The number of nitrogens with zero attached hydrogens (tertiary/aromatic N) is 3. The van der Waals surface area contributed by atoms with Gasteiger partial charge in [0.15, 0.2) is 5.69 Å². The van der Waals surface area contributed by atoms with Gasteiger partial charge in [-0.25, -0.2) is 13.4 Å². The minimum absolute atomic E-state index is 0.0946. The lowest BCUT2D eigenvalue weighted by atomic mass is 9.84. The summed E-state index contributed by atoms with van der Waals surface area (Å²) in [6, 6.07) is 4.21. The first-order chi connectivity index (χ1) is 14.4. The van der Waals surface area contributed by atoms with Crippen LogP contribution >= 0.6 is 0 Å². The van der Waals surface area contributed by atoms with Crippen molar-refractivity contribution in [3.63, 3.8) is 0 Å². The van der Waals surface area contributed by atoms with Crippen LogP contribution in [0.4, 0.5) is 5.82 Å². The van der Waals surface area contributed by atoms with Crippen molar-refractivity contribution >= 4 is 21.7 Å². The van der Waals surface area contributed by atoms with Gasteiger partial charge in [0.05, 0.1) is 4.90 Å². The van der Waals surface area contributed by atoms with Crippen LogP contribution in [0.2, 0.25) is 0 Å². The predicted octanol–water partition coefficient (Wildman–Crippen LogP) is 2.03. The Balaban J connectivity index is 1.31. The van der Waals surface area contributed by atoms with Gasteiger partial charge in [0, 0.05) is 42.4 Å². The normalized spacial score (nSPS) is 27.0. The number of rotatable bonds is 5. The molecule has 3 aliphatic rings. The van der Waals surface area contributed by atoms with Crippen LogP contribution in [0.3, 0.4) is 0 Å². The van der Waals surface area contributed by atoms with E-state index in [-0.39, 0.29) is 34.7 Å². The zero-order valence-corrected chi connectivity index (χ0v) is 17.3. The molecule has 3 fully saturated rings. The van der Waals surface area contributed by atoms with Crippen LogP contribution < -0.4 is 11.1 Å². The van der Waals surface area contributed by atoms with Gasteiger partial charge >= 0.3 is 0 Å². The molecule has 2 atom stereocenters. The molecular weight excluding hydrogens is 406 g/mol. The van der Waals surface area contributed by atoms with Crippen LogP contribution in [0.1, 0.15) is 67.1 Å². The van der Waals surface area contributed by atoms with Crippen LogP contribution in [0.5, 0.6) is 0 Å². The SMILES string of the molecule is Nc1cc(S(=O)(=O)N2[C@@H]3CCC[C@@H]2CC(NC(=O)c2cc(C4CC4)on2)C3)ccn1. The molecule has 3 N–H and O–H groups in total. The monoisotopic (exact) mass is 431 g/mol. The fourth-order valence-electron chi connectivity index (χ4n) is 4.77. The summed E-state index contributed by atoms with van der Waals surface area (Å²) in [6.45, 7) is 0. The van der Waals surface area contributed by atoms with Gasteiger partial charge in [-0.3, -0.25) is 4.79 Å². The molecule has 0 spiro atoms. The first kappa shape index (κ1) is 19.5. The Morgan fingerprint density at radius 3 is 2.57 bits per heavy atom. The third kappa shape index (κ3) is 3.58. The molecule has 2 saturated heterocycles. The summed E-state index contributed by atoms with van der Waals surface area (Å²) in [5.41, 5.74) is 6.00. The van der Waals surface area contributed by atoms with Gasteiger partial charge in [-0.05, 0) is 44.6 Å². The Morgan fingerprint density at radius 1 is 1.17 bits per heavy atom. The number of nitrogens with one attached hydrogen (secondary N) is 1. The van der Waals surface area contributed by atoms with Crippen molar-refractivity contribution in [2.75, 3.05) is 5.73 Å². The first-order valence-electron chi connectivity index (χ1n) is 10.4. The molecule has 2 bridgehead atoms. The molecule has 1 amide bonds. The third-order valence-corrected chi connectivity index (χ3v) is 8.31. The zero-order valence-electron chi connectivity index (χ0n) is 16.5. The number of aromatic nitrogens is 2. The molecule has 160 valence electrons. The highest BCUT2D eigenvalue weighted by Crippen LogP contribution is 2.40. The van der Waals surface area contributed by atoms with E-state index in [0.717, 1.165) is 37.9 Å². The van der Waals surface area contributed by atoms with Gasteiger partial charge < -0.3 is 15.6 Å². The summed E-state index contributed by atoms with van der Waals surface area (Å²) in [7, 11) is -3.67. The molecule has 9 nitrogen and oxygen atoms in total. The lowest BCUT2D eigenvalue weighted by molar-refractivity contribution is 0.0790. The number of anilines is 1. The van der Waals surface area contributed by atoms with Crippen molar-refractivity contribution in [3.05, 3.63) is 35.9 Å². The Kier molecular flexibility index (Phi) is 4.78. The highest BCUT2D eigenvalue weighted by atomic mass is 32.2. The molecule has 10 heteroatoms. The Bertz CT molecular complexity index is 1050. The Labute approximate surface area is 175 Å². The number of pyridine rings is 1. The summed E-state index contributed by atoms with van der Waals surface area (Å²) in [5, 5.41) is 6.95. The molecule has 5 rings (SSSR count). The van der Waals surface area contributed by atoms with Gasteiger partial charge in [-0.1, -0.05) is 11.6 Å². The smallest absolute Gasteiger partial charge is 0.273 e. The van der Waals surface area contributed by atoms with Gasteiger partial charge in [0.2, 0.25) is 10.0 Å². The van der Waals surface area contributed by atoms with Gasteiger partial charge in [0.25, 0.3) is 5.91 Å². The van der Waals surface area contributed by atoms with Crippen molar-refractivity contribution in [2.24, 2.45) is 0 Å². The molecule has 2 aromatic rings. The second kappa shape index (κ2) is 7.35. The number of carbonyl (C=O) groups is 1. The third-order valence-electron chi connectivity index (χ3n) is 6.31. The number of sulfonamides is 1. The van der Waals surface area contributed by atoms with Crippen molar-refractivity contribution in [2.45, 2.75) is 73.9 Å². The van der Waals surface area contributed by atoms with Gasteiger partial charge in [-0.15, -0.1) is 0 Å². The molecular formula is C20H25N5O4S. The maximum Gasteiger partial charge on any atom is 0.273 e. The summed E-state index contributed by atoms with van der Waals surface area (Å²) in [4.78, 5) is 16.7. The summed E-state index contributed by atoms with van der Waals surface area (Å²) >= 11 is 0. The van der Waals surface area contributed by atoms with Crippen molar-refractivity contribution < 1.29 is 17.7 Å². The Hall–Kier alpha value is -2.46. The Morgan fingerprint density at radius 2 is 1.90 bits per heavy atom. The molecule has 1 aliphatic carbocycles. The topological polar surface area (TPSA) is 131 Å². The van der Waals surface area contributed by atoms with Crippen molar-refractivity contribution in [1.29, 1.82) is 0 Å². The van der Waals surface area contributed by atoms with E-state index < -0.39 is 10.0 Å². The number of fused-ring (bicyclic) bond motifs is 2. The molecule has 0 radical (unpaired) electrons. The number of hydrogen-bond acceptors (Lipinski definition) is 7. The second-order valence-corrected chi connectivity index (χ2v) is 10.4. The minimum atomic E-state index is -3.67. The molecule has 2 aliphatic heterocycles. The lowest BCUT2D eigenvalue weighted by Crippen LogP contribution is -2.58. The van der Waals surface area contributed by atoms with Crippen LogP contribution in [0, 0.1) is 0 Å². The number of nitrogen functional groups attached to an aromatic ring is 1. The fourth-order valence-corrected chi connectivity index (χ4v) is 6.69. The van der Waals surface area contributed by atoms with Crippen LogP contribution in [-0.2, 0) is 10.0 Å². The van der Waals surface area contributed by atoms with Gasteiger partial charge in [0.1, 0.15) is 11.6 Å².